The van der Waals surface area contributed by atoms with Gasteiger partial charge in [-0.25, -0.2) is 0 Å². The topological polar surface area (TPSA) is 42.4 Å². The minimum Gasteiger partial charge on any atom is -0.455 e. The van der Waals surface area contributed by atoms with E-state index in [-0.39, 0.29) is 5.91 Å². The lowest BCUT2D eigenvalue weighted by molar-refractivity contribution is 0.0797. The van der Waals surface area contributed by atoms with E-state index in [9.17, 15) is 4.79 Å². The Balaban J connectivity index is 1.66. The van der Waals surface area contributed by atoms with E-state index in [0.717, 1.165) is 40.9 Å². The molecule has 2 aromatic heterocycles. The number of aromatic nitrogens is 1. The van der Waals surface area contributed by atoms with E-state index in [2.05, 4.69) is 4.98 Å². The van der Waals surface area contributed by atoms with Crippen molar-refractivity contribution in [3.8, 4) is 11.5 Å². The van der Waals surface area contributed by atoms with Crippen LogP contribution >= 0.6 is 22.9 Å². The highest BCUT2D eigenvalue weighted by molar-refractivity contribution is 7.20. The second kappa shape index (κ2) is 6.42. The van der Waals surface area contributed by atoms with Gasteiger partial charge in [0.15, 0.2) is 5.75 Å². The fourth-order valence-electron chi connectivity index (χ4n) is 2.83. The lowest BCUT2D eigenvalue weighted by Crippen LogP contribution is -2.26. The van der Waals surface area contributed by atoms with Crippen LogP contribution in [0.15, 0.2) is 42.7 Å². The van der Waals surface area contributed by atoms with Crippen LogP contribution in [-0.4, -0.2) is 28.9 Å². The van der Waals surface area contributed by atoms with Crippen molar-refractivity contribution < 1.29 is 9.53 Å². The number of hydrogen-bond acceptors (Lipinski definition) is 4. The molecule has 1 saturated heterocycles. The molecular weight excluding hydrogens is 344 g/mol. The second-order valence-corrected chi connectivity index (χ2v) is 7.24. The molecule has 4 nitrogen and oxygen atoms in total. The Kier molecular flexibility index (Phi) is 4.12. The molecule has 6 heteroatoms. The smallest absolute Gasteiger partial charge is 0.263 e. The highest BCUT2D eigenvalue weighted by Gasteiger charge is 2.22. The molecule has 122 valence electrons. The monoisotopic (exact) mass is 358 g/mol. The molecule has 0 radical (unpaired) electrons. The largest absolute Gasteiger partial charge is 0.455 e. The van der Waals surface area contributed by atoms with Crippen molar-refractivity contribution >= 4 is 38.9 Å². The molecule has 1 aromatic carbocycles. The molecule has 1 fully saturated rings. The van der Waals surface area contributed by atoms with Crippen LogP contribution in [0.2, 0.25) is 5.02 Å². The number of hydrogen-bond donors (Lipinski definition) is 0. The molecule has 1 aliphatic rings. The van der Waals surface area contributed by atoms with E-state index >= 15 is 0 Å². The molecule has 0 atom stereocenters. The molecule has 0 aliphatic carbocycles. The van der Waals surface area contributed by atoms with E-state index in [0.29, 0.717) is 16.5 Å². The summed E-state index contributed by atoms with van der Waals surface area (Å²) in [5.41, 5.74) is 0. The Morgan fingerprint density at radius 3 is 2.67 bits per heavy atom. The van der Waals surface area contributed by atoms with E-state index in [1.165, 1.54) is 11.3 Å². The third kappa shape index (κ3) is 2.97. The van der Waals surface area contributed by atoms with Gasteiger partial charge in [0.25, 0.3) is 5.91 Å². The minimum absolute atomic E-state index is 0.103. The molecular formula is C18H15ClN2O2S. The van der Waals surface area contributed by atoms with Gasteiger partial charge in [0, 0.05) is 29.7 Å². The van der Waals surface area contributed by atoms with E-state index in [1.54, 1.807) is 24.5 Å². The van der Waals surface area contributed by atoms with Crippen molar-refractivity contribution in [2.75, 3.05) is 13.1 Å². The molecule has 24 heavy (non-hydrogen) atoms. The molecule has 0 saturated carbocycles. The van der Waals surface area contributed by atoms with Crippen LogP contribution in [0.4, 0.5) is 0 Å². The molecule has 1 aliphatic heterocycles. The average Bonchev–Trinajstić information content (AvgIpc) is 3.26. The lowest BCUT2D eigenvalue weighted by Gasteiger charge is -2.13. The van der Waals surface area contributed by atoms with Crippen LogP contribution in [-0.2, 0) is 0 Å². The molecule has 0 unspecified atom stereocenters. The van der Waals surface area contributed by atoms with Crippen LogP contribution in [0.3, 0.4) is 0 Å². The maximum absolute atomic E-state index is 12.6. The number of benzene rings is 1. The summed E-state index contributed by atoms with van der Waals surface area (Å²) in [6.07, 6.45) is 5.62. The SMILES string of the molecule is O=C(c1cc2c(Oc3ccc(Cl)cc3)cncc2s1)N1CCCC1. The Labute approximate surface area is 148 Å². The van der Waals surface area contributed by atoms with Crippen LogP contribution in [0.1, 0.15) is 22.5 Å². The van der Waals surface area contributed by atoms with Gasteiger partial charge < -0.3 is 9.64 Å². The van der Waals surface area contributed by atoms with Gasteiger partial charge in [-0.05, 0) is 43.2 Å². The summed E-state index contributed by atoms with van der Waals surface area (Å²) in [6, 6.07) is 9.09. The first-order chi connectivity index (χ1) is 11.7. The van der Waals surface area contributed by atoms with Crippen molar-refractivity contribution in [1.29, 1.82) is 0 Å². The van der Waals surface area contributed by atoms with Crippen molar-refractivity contribution in [2.45, 2.75) is 12.8 Å². The summed E-state index contributed by atoms with van der Waals surface area (Å²) in [5, 5.41) is 1.57. The third-order valence-corrected chi connectivity index (χ3v) is 5.36. The van der Waals surface area contributed by atoms with Gasteiger partial charge in [0.1, 0.15) is 5.75 Å². The van der Waals surface area contributed by atoms with E-state index < -0.39 is 0 Å². The first-order valence-corrected chi connectivity index (χ1v) is 9.00. The summed E-state index contributed by atoms with van der Waals surface area (Å²) in [7, 11) is 0. The fourth-order valence-corrected chi connectivity index (χ4v) is 3.97. The number of fused-ring (bicyclic) bond motifs is 1. The van der Waals surface area contributed by atoms with Crippen molar-refractivity contribution in [3.05, 3.63) is 52.6 Å². The van der Waals surface area contributed by atoms with E-state index in [1.807, 2.05) is 23.1 Å². The number of pyridine rings is 1. The summed E-state index contributed by atoms with van der Waals surface area (Å²) in [4.78, 5) is 19.5. The zero-order chi connectivity index (χ0) is 16.5. The number of nitrogens with zero attached hydrogens (tertiary/aromatic N) is 2. The summed E-state index contributed by atoms with van der Waals surface area (Å²) in [6.45, 7) is 1.69. The van der Waals surface area contributed by atoms with Crippen molar-refractivity contribution in [1.82, 2.24) is 9.88 Å². The number of ether oxygens (including phenoxy) is 1. The van der Waals surface area contributed by atoms with Crippen LogP contribution in [0, 0.1) is 0 Å². The molecule has 1 amide bonds. The molecule has 3 aromatic rings. The van der Waals surface area contributed by atoms with Gasteiger partial charge in [0.05, 0.1) is 15.8 Å². The number of thiophene rings is 1. The first-order valence-electron chi connectivity index (χ1n) is 7.81. The predicted molar refractivity (Wildman–Crippen MR) is 96.3 cm³/mol. The Hall–Kier alpha value is -2.11. The van der Waals surface area contributed by atoms with Gasteiger partial charge in [-0.2, -0.15) is 0 Å². The quantitative estimate of drug-likeness (QED) is 0.663. The molecule has 0 N–H and O–H groups in total. The number of amides is 1. The van der Waals surface area contributed by atoms with Gasteiger partial charge in [0.2, 0.25) is 0 Å². The van der Waals surface area contributed by atoms with Gasteiger partial charge in [-0.15, -0.1) is 11.3 Å². The maximum Gasteiger partial charge on any atom is 0.263 e. The lowest BCUT2D eigenvalue weighted by atomic mass is 10.2. The number of carbonyl (C=O) groups excluding carboxylic acids is 1. The Morgan fingerprint density at radius 2 is 1.92 bits per heavy atom. The first kappa shape index (κ1) is 15.4. The molecule has 0 spiro atoms. The summed E-state index contributed by atoms with van der Waals surface area (Å²) < 4.78 is 6.87. The number of likely N-dealkylation sites (tertiary alicyclic amines) is 1. The van der Waals surface area contributed by atoms with Crippen LogP contribution in [0.5, 0.6) is 11.5 Å². The second-order valence-electron chi connectivity index (χ2n) is 5.72. The average molecular weight is 359 g/mol. The van der Waals surface area contributed by atoms with Crippen LogP contribution < -0.4 is 4.74 Å². The molecule has 0 bridgehead atoms. The summed E-state index contributed by atoms with van der Waals surface area (Å²) in [5.74, 6) is 1.44. The van der Waals surface area contributed by atoms with Crippen LogP contribution in [0.25, 0.3) is 10.1 Å². The standard InChI is InChI=1S/C18H15ClN2O2S/c19-12-3-5-13(6-4-12)23-15-10-20-11-17-14(15)9-16(24-17)18(22)21-7-1-2-8-21/h3-6,9-11H,1-2,7-8H2. The summed E-state index contributed by atoms with van der Waals surface area (Å²) >= 11 is 7.37. The van der Waals surface area contributed by atoms with Crippen molar-refractivity contribution in [3.63, 3.8) is 0 Å². The Bertz CT molecular complexity index is 886. The highest BCUT2D eigenvalue weighted by Crippen LogP contribution is 2.35. The highest BCUT2D eigenvalue weighted by atomic mass is 35.5. The number of carbonyl (C=O) groups is 1. The van der Waals surface area contributed by atoms with Gasteiger partial charge in [-0.3, -0.25) is 9.78 Å². The predicted octanol–water partition coefficient (Wildman–Crippen LogP) is 4.98. The zero-order valence-corrected chi connectivity index (χ0v) is 14.4. The fraction of sp³-hybridized carbons (Fsp3) is 0.222. The van der Waals surface area contributed by atoms with Crippen molar-refractivity contribution in [2.24, 2.45) is 0 Å². The van der Waals surface area contributed by atoms with E-state index in [4.69, 9.17) is 16.3 Å². The minimum atomic E-state index is 0.103. The molecule has 3 heterocycles. The third-order valence-electron chi connectivity index (χ3n) is 4.06. The normalized spacial score (nSPS) is 14.3. The number of halogens is 1. The maximum atomic E-state index is 12.6. The number of rotatable bonds is 3. The van der Waals surface area contributed by atoms with Gasteiger partial charge in [-0.1, -0.05) is 11.6 Å². The zero-order valence-electron chi connectivity index (χ0n) is 12.9. The van der Waals surface area contributed by atoms with Gasteiger partial charge >= 0.3 is 0 Å². The Morgan fingerprint density at radius 1 is 1.17 bits per heavy atom. The molecule has 4 rings (SSSR count).